The van der Waals surface area contributed by atoms with Gasteiger partial charge in [0.2, 0.25) is 0 Å². The summed E-state index contributed by atoms with van der Waals surface area (Å²) in [6, 6.07) is 0. The molecule has 0 bridgehead atoms. The topological polar surface area (TPSA) is 26.3 Å². The monoisotopic (exact) mass is 138 g/mol. The van der Waals surface area contributed by atoms with Crippen LogP contribution in [0.15, 0.2) is 0 Å². The molecule has 0 spiro atoms. The van der Waals surface area contributed by atoms with Crippen LogP contribution in [0.4, 0.5) is 0 Å². The Hall–Kier alpha value is -0.970. The third-order valence-electron chi connectivity index (χ3n) is 1.32. The van der Waals surface area contributed by atoms with E-state index in [9.17, 15) is 4.79 Å². The minimum atomic E-state index is -0.118. The molecule has 0 unspecified atom stereocenters. The van der Waals surface area contributed by atoms with Gasteiger partial charge in [0.05, 0.1) is 6.42 Å². The van der Waals surface area contributed by atoms with Gasteiger partial charge in [0.15, 0.2) is 6.10 Å². The molecule has 2 heteroatoms. The highest BCUT2D eigenvalue weighted by atomic mass is 16.5. The molecule has 10 heavy (non-hydrogen) atoms. The van der Waals surface area contributed by atoms with Crippen LogP contribution in [0.1, 0.15) is 26.2 Å². The third-order valence-corrected chi connectivity index (χ3v) is 1.32. The second-order valence-electron chi connectivity index (χ2n) is 2.19. The van der Waals surface area contributed by atoms with Gasteiger partial charge in [-0.05, 0) is 0 Å². The Morgan fingerprint density at radius 2 is 2.60 bits per heavy atom. The van der Waals surface area contributed by atoms with Gasteiger partial charge in [-0.15, -0.1) is 0 Å². The molecule has 1 atom stereocenters. The van der Waals surface area contributed by atoms with Gasteiger partial charge >= 0.3 is 5.97 Å². The molecule has 1 fully saturated rings. The van der Waals surface area contributed by atoms with Gasteiger partial charge in [0, 0.05) is 12.8 Å². The molecule has 0 saturated carbocycles. The van der Waals surface area contributed by atoms with E-state index in [1.165, 1.54) is 0 Å². The maximum Gasteiger partial charge on any atom is 0.307 e. The first-order valence-electron chi connectivity index (χ1n) is 3.51. The molecular formula is C8H10O2. The molecule has 1 saturated heterocycles. The second kappa shape index (κ2) is 3.26. The molecule has 0 N–H and O–H groups in total. The van der Waals surface area contributed by atoms with Gasteiger partial charge in [-0.1, -0.05) is 18.8 Å². The first-order chi connectivity index (χ1) is 4.83. The lowest BCUT2D eigenvalue weighted by molar-refractivity contribution is -0.139. The summed E-state index contributed by atoms with van der Waals surface area (Å²) < 4.78 is 4.85. The molecule has 0 radical (unpaired) electrons. The molecule has 0 aromatic carbocycles. The quantitative estimate of drug-likeness (QED) is 0.370. The number of rotatable bonds is 0. The molecule has 0 aromatic heterocycles. The summed E-state index contributed by atoms with van der Waals surface area (Å²) >= 11 is 0. The highest BCUT2D eigenvalue weighted by Gasteiger charge is 2.20. The van der Waals surface area contributed by atoms with Gasteiger partial charge in [0.25, 0.3) is 0 Å². The van der Waals surface area contributed by atoms with Crippen LogP contribution in [0.2, 0.25) is 0 Å². The Bertz CT molecular complexity index is 185. The van der Waals surface area contributed by atoms with Crippen LogP contribution in [0, 0.1) is 11.8 Å². The zero-order chi connectivity index (χ0) is 7.40. The van der Waals surface area contributed by atoms with Crippen molar-refractivity contribution in [2.45, 2.75) is 32.3 Å². The Morgan fingerprint density at radius 1 is 1.80 bits per heavy atom. The molecule has 0 amide bonds. The average molecular weight is 138 g/mol. The van der Waals surface area contributed by atoms with Crippen molar-refractivity contribution in [1.29, 1.82) is 0 Å². The summed E-state index contributed by atoms with van der Waals surface area (Å²) in [5.74, 6) is 5.64. The van der Waals surface area contributed by atoms with E-state index in [1.807, 2.05) is 6.92 Å². The van der Waals surface area contributed by atoms with E-state index >= 15 is 0 Å². The Kier molecular flexibility index (Phi) is 2.33. The highest BCUT2D eigenvalue weighted by Crippen LogP contribution is 2.11. The van der Waals surface area contributed by atoms with Gasteiger partial charge in [-0.25, -0.2) is 0 Å². The lowest BCUT2D eigenvalue weighted by atomic mass is 10.2. The maximum absolute atomic E-state index is 10.5. The van der Waals surface area contributed by atoms with E-state index < -0.39 is 0 Å². The third kappa shape index (κ3) is 1.77. The van der Waals surface area contributed by atoms with Gasteiger partial charge in [-0.3, -0.25) is 4.79 Å². The van der Waals surface area contributed by atoms with Crippen LogP contribution < -0.4 is 0 Å². The Labute approximate surface area is 60.6 Å². The summed E-state index contributed by atoms with van der Waals surface area (Å²) in [5, 5.41) is 0. The molecule has 54 valence electrons. The Morgan fingerprint density at radius 3 is 3.10 bits per heavy atom. The molecular weight excluding hydrogens is 128 g/mol. The molecule has 2 nitrogen and oxygen atoms in total. The standard InChI is InChI=1S/C8H10O2/c1-2-3-4-7-5-6-8(9)10-7/h7H,2,5-6H2,1H3/t7-/m0/s1. The van der Waals surface area contributed by atoms with Crippen molar-refractivity contribution in [3.8, 4) is 11.8 Å². The lowest BCUT2D eigenvalue weighted by Crippen LogP contribution is -2.02. The predicted octanol–water partition coefficient (Wildman–Crippen LogP) is 1.11. The fraction of sp³-hybridized carbons (Fsp3) is 0.625. The number of cyclic esters (lactones) is 1. The van der Waals surface area contributed by atoms with Crippen LogP contribution in [0.5, 0.6) is 0 Å². The summed E-state index contributed by atoms with van der Waals surface area (Å²) in [7, 11) is 0. The molecule has 0 aromatic rings. The van der Waals surface area contributed by atoms with Crippen molar-refractivity contribution in [2.24, 2.45) is 0 Å². The van der Waals surface area contributed by atoms with Crippen LogP contribution in [0.25, 0.3) is 0 Å². The second-order valence-corrected chi connectivity index (χ2v) is 2.19. The minimum Gasteiger partial charge on any atom is -0.449 e. The van der Waals surface area contributed by atoms with Crippen molar-refractivity contribution >= 4 is 5.97 Å². The molecule has 1 aliphatic rings. The van der Waals surface area contributed by atoms with Crippen LogP contribution in [-0.4, -0.2) is 12.1 Å². The van der Waals surface area contributed by atoms with Crippen LogP contribution in [-0.2, 0) is 9.53 Å². The lowest BCUT2D eigenvalue weighted by Gasteiger charge is -1.96. The van der Waals surface area contributed by atoms with Crippen molar-refractivity contribution in [3.05, 3.63) is 0 Å². The Balaban J connectivity index is 2.38. The van der Waals surface area contributed by atoms with Crippen LogP contribution in [0.3, 0.4) is 0 Å². The fourth-order valence-electron chi connectivity index (χ4n) is 0.843. The number of carbonyl (C=O) groups is 1. The summed E-state index contributed by atoms with van der Waals surface area (Å²) in [6.07, 6.45) is 2.01. The summed E-state index contributed by atoms with van der Waals surface area (Å²) in [5.41, 5.74) is 0. The van der Waals surface area contributed by atoms with Crippen molar-refractivity contribution in [1.82, 2.24) is 0 Å². The van der Waals surface area contributed by atoms with Gasteiger partial charge in [-0.2, -0.15) is 0 Å². The van der Waals surface area contributed by atoms with E-state index in [4.69, 9.17) is 4.74 Å². The largest absolute Gasteiger partial charge is 0.449 e. The predicted molar refractivity (Wildman–Crippen MR) is 37.2 cm³/mol. The number of esters is 1. The molecule has 1 aliphatic heterocycles. The van der Waals surface area contributed by atoms with E-state index in [0.29, 0.717) is 6.42 Å². The van der Waals surface area contributed by atoms with E-state index in [2.05, 4.69) is 11.8 Å². The van der Waals surface area contributed by atoms with Crippen molar-refractivity contribution < 1.29 is 9.53 Å². The smallest absolute Gasteiger partial charge is 0.307 e. The maximum atomic E-state index is 10.5. The first kappa shape index (κ1) is 7.14. The number of hydrogen-bond acceptors (Lipinski definition) is 2. The molecule has 1 rings (SSSR count). The average Bonchev–Trinajstić information content (AvgIpc) is 2.31. The zero-order valence-electron chi connectivity index (χ0n) is 6.02. The van der Waals surface area contributed by atoms with Crippen molar-refractivity contribution in [3.63, 3.8) is 0 Å². The SMILES string of the molecule is CCC#C[C@H]1CCC(=O)O1. The number of carbonyl (C=O) groups excluding carboxylic acids is 1. The first-order valence-corrected chi connectivity index (χ1v) is 3.51. The number of ether oxygens (including phenoxy) is 1. The highest BCUT2D eigenvalue weighted by molar-refractivity contribution is 5.72. The minimum absolute atomic E-state index is 0.115. The number of hydrogen-bond donors (Lipinski definition) is 0. The van der Waals surface area contributed by atoms with E-state index in [-0.39, 0.29) is 12.1 Å². The van der Waals surface area contributed by atoms with E-state index in [0.717, 1.165) is 12.8 Å². The van der Waals surface area contributed by atoms with Gasteiger partial charge < -0.3 is 4.74 Å². The summed E-state index contributed by atoms with van der Waals surface area (Å²) in [6.45, 7) is 1.98. The fourth-order valence-corrected chi connectivity index (χ4v) is 0.843. The zero-order valence-corrected chi connectivity index (χ0v) is 6.02. The van der Waals surface area contributed by atoms with E-state index in [1.54, 1.807) is 0 Å². The molecule has 1 heterocycles. The van der Waals surface area contributed by atoms with Crippen LogP contribution >= 0.6 is 0 Å². The van der Waals surface area contributed by atoms with Crippen molar-refractivity contribution in [2.75, 3.05) is 0 Å². The normalized spacial score (nSPS) is 23.3. The molecule has 0 aliphatic carbocycles. The van der Waals surface area contributed by atoms with Gasteiger partial charge in [0.1, 0.15) is 0 Å². The summed E-state index contributed by atoms with van der Waals surface area (Å²) in [4.78, 5) is 10.5.